The van der Waals surface area contributed by atoms with E-state index in [-0.39, 0.29) is 5.56 Å². The molecule has 1 rings (SSSR count). The van der Waals surface area contributed by atoms with E-state index >= 15 is 0 Å². The lowest BCUT2D eigenvalue weighted by molar-refractivity contribution is 0.0694. The molecule has 1 aromatic rings. The maximum atomic E-state index is 10.8. The molecule has 0 fully saturated rings. The van der Waals surface area contributed by atoms with Crippen LogP contribution in [0, 0.1) is 0 Å². The van der Waals surface area contributed by atoms with E-state index in [4.69, 9.17) is 9.52 Å². The zero-order valence-corrected chi connectivity index (χ0v) is 11.6. The van der Waals surface area contributed by atoms with Gasteiger partial charge in [-0.25, -0.2) is 4.79 Å². The quantitative estimate of drug-likeness (QED) is 0.641. The van der Waals surface area contributed by atoms with Crippen LogP contribution in [0.4, 0.5) is 0 Å². The van der Waals surface area contributed by atoms with Gasteiger partial charge in [0.25, 0.3) is 0 Å². The first-order chi connectivity index (χ1) is 8.75. The minimum atomic E-state index is -0.933. The third-order valence-electron chi connectivity index (χ3n) is 2.71. The molecule has 5 heteroatoms. The zero-order chi connectivity index (χ0) is 13.2. The molecule has 2 N–H and O–H groups in total. The third kappa shape index (κ3) is 5.60. The van der Waals surface area contributed by atoms with Gasteiger partial charge in [0.1, 0.15) is 11.3 Å². The summed E-state index contributed by atoms with van der Waals surface area (Å²) in [4.78, 5) is 10.8. The van der Waals surface area contributed by atoms with Crippen LogP contribution < -0.4 is 5.32 Å². The van der Waals surface area contributed by atoms with Crippen molar-refractivity contribution in [2.24, 2.45) is 0 Å². The highest BCUT2D eigenvalue weighted by Gasteiger charge is 2.12. The molecule has 0 aliphatic carbocycles. The van der Waals surface area contributed by atoms with E-state index in [1.54, 1.807) is 0 Å². The number of rotatable bonds is 10. The fraction of sp³-hybridized carbons (Fsp3) is 0.615. The van der Waals surface area contributed by atoms with Crippen molar-refractivity contribution in [3.05, 3.63) is 23.7 Å². The van der Waals surface area contributed by atoms with Gasteiger partial charge in [-0.15, -0.1) is 0 Å². The topological polar surface area (TPSA) is 62.5 Å². The van der Waals surface area contributed by atoms with Crippen molar-refractivity contribution >= 4 is 17.7 Å². The first kappa shape index (κ1) is 15.1. The number of furan rings is 1. The molecule has 0 aromatic carbocycles. The molecule has 0 saturated carbocycles. The van der Waals surface area contributed by atoms with Gasteiger partial charge in [-0.05, 0) is 37.5 Å². The van der Waals surface area contributed by atoms with Crippen molar-refractivity contribution in [2.75, 3.05) is 18.6 Å². The number of unbranched alkanes of at least 4 members (excludes halogenated alkanes) is 3. The van der Waals surface area contributed by atoms with Gasteiger partial charge >= 0.3 is 5.97 Å². The lowest BCUT2D eigenvalue weighted by Crippen LogP contribution is -2.16. The number of aromatic carboxylic acids is 1. The molecule has 1 aromatic heterocycles. The van der Waals surface area contributed by atoms with E-state index in [0.717, 1.165) is 13.0 Å². The van der Waals surface area contributed by atoms with Gasteiger partial charge in [-0.3, -0.25) is 0 Å². The Kier molecular flexibility index (Phi) is 7.60. The number of carboxylic acids is 1. The fourth-order valence-electron chi connectivity index (χ4n) is 1.72. The number of carbonyl (C=O) groups is 1. The molecule has 1 heterocycles. The Hall–Kier alpha value is -0.940. The van der Waals surface area contributed by atoms with Crippen molar-refractivity contribution in [1.29, 1.82) is 0 Å². The van der Waals surface area contributed by atoms with Crippen molar-refractivity contribution in [1.82, 2.24) is 5.32 Å². The maximum Gasteiger partial charge on any atom is 0.339 e. The van der Waals surface area contributed by atoms with E-state index in [9.17, 15) is 4.79 Å². The molecule has 0 saturated heterocycles. The zero-order valence-electron chi connectivity index (χ0n) is 10.8. The third-order valence-corrected chi connectivity index (χ3v) is 3.41. The van der Waals surface area contributed by atoms with Crippen LogP contribution in [0.3, 0.4) is 0 Å². The standard InChI is InChI=1S/C13H21NO3S/c1-18-9-5-3-2-4-7-14-10-12-11(13(15)16)6-8-17-12/h6,8,14H,2-5,7,9-10H2,1H3,(H,15,16). The predicted molar refractivity (Wildman–Crippen MR) is 74.2 cm³/mol. The number of thioether (sulfide) groups is 1. The second-order valence-corrected chi connectivity index (χ2v) is 5.13. The van der Waals surface area contributed by atoms with Crippen molar-refractivity contribution < 1.29 is 14.3 Å². The normalized spacial score (nSPS) is 10.7. The van der Waals surface area contributed by atoms with E-state index < -0.39 is 5.97 Å². The molecule has 0 spiro atoms. The highest BCUT2D eigenvalue weighted by Crippen LogP contribution is 2.10. The highest BCUT2D eigenvalue weighted by atomic mass is 32.2. The lowest BCUT2D eigenvalue weighted by atomic mass is 10.2. The summed E-state index contributed by atoms with van der Waals surface area (Å²) in [5.41, 5.74) is 0.252. The molecule has 0 bridgehead atoms. The number of nitrogens with one attached hydrogen (secondary N) is 1. The van der Waals surface area contributed by atoms with Gasteiger partial charge in [0.2, 0.25) is 0 Å². The van der Waals surface area contributed by atoms with Crippen LogP contribution in [0.1, 0.15) is 41.8 Å². The molecule has 102 valence electrons. The summed E-state index contributed by atoms with van der Waals surface area (Å²) in [5.74, 6) is 0.810. The van der Waals surface area contributed by atoms with E-state index in [1.165, 1.54) is 37.3 Å². The summed E-state index contributed by atoms with van der Waals surface area (Å²) in [7, 11) is 0. The van der Waals surface area contributed by atoms with Crippen LogP contribution in [0.25, 0.3) is 0 Å². The van der Waals surface area contributed by atoms with Crippen molar-refractivity contribution in [3.8, 4) is 0 Å². The summed E-state index contributed by atoms with van der Waals surface area (Å²) in [5, 5.41) is 12.1. The second kappa shape index (κ2) is 9.05. The summed E-state index contributed by atoms with van der Waals surface area (Å²) < 4.78 is 5.14. The molecule has 0 amide bonds. The Balaban J connectivity index is 2.07. The Morgan fingerprint density at radius 3 is 2.89 bits per heavy atom. The Labute approximate surface area is 112 Å². The Morgan fingerprint density at radius 1 is 1.39 bits per heavy atom. The van der Waals surface area contributed by atoms with Gasteiger partial charge in [0.15, 0.2) is 0 Å². The Bertz CT molecular complexity index is 352. The first-order valence-corrected chi connectivity index (χ1v) is 7.64. The largest absolute Gasteiger partial charge is 0.478 e. The molecule has 18 heavy (non-hydrogen) atoms. The minimum absolute atomic E-state index is 0.252. The summed E-state index contributed by atoms with van der Waals surface area (Å²) in [6.07, 6.45) is 8.44. The van der Waals surface area contributed by atoms with E-state index in [1.807, 2.05) is 11.8 Å². The number of carboxylic acid groups (broad SMARTS) is 1. The molecule has 0 unspecified atom stereocenters. The van der Waals surface area contributed by atoms with Gasteiger partial charge in [0, 0.05) is 0 Å². The fourth-order valence-corrected chi connectivity index (χ4v) is 2.21. The van der Waals surface area contributed by atoms with Crippen LogP contribution in [0.2, 0.25) is 0 Å². The number of hydrogen-bond donors (Lipinski definition) is 2. The highest BCUT2D eigenvalue weighted by molar-refractivity contribution is 7.98. The summed E-state index contributed by atoms with van der Waals surface area (Å²) in [6, 6.07) is 1.49. The molecule has 0 atom stereocenters. The van der Waals surface area contributed by atoms with Crippen molar-refractivity contribution in [3.63, 3.8) is 0 Å². The lowest BCUT2D eigenvalue weighted by Gasteiger charge is -2.03. The van der Waals surface area contributed by atoms with Gasteiger partial charge < -0.3 is 14.8 Å². The molecule has 0 aliphatic heterocycles. The SMILES string of the molecule is CSCCCCCCNCc1occc1C(=O)O. The smallest absolute Gasteiger partial charge is 0.339 e. The van der Waals surface area contributed by atoms with Crippen LogP contribution in [0.15, 0.2) is 16.7 Å². The van der Waals surface area contributed by atoms with Crippen LogP contribution in [0.5, 0.6) is 0 Å². The van der Waals surface area contributed by atoms with Crippen LogP contribution in [-0.4, -0.2) is 29.6 Å². The summed E-state index contributed by atoms with van der Waals surface area (Å²) in [6.45, 7) is 1.39. The van der Waals surface area contributed by atoms with E-state index in [0.29, 0.717) is 12.3 Å². The predicted octanol–water partition coefficient (Wildman–Crippen LogP) is 2.99. The van der Waals surface area contributed by atoms with Crippen LogP contribution >= 0.6 is 11.8 Å². The number of hydrogen-bond acceptors (Lipinski definition) is 4. The Morgan fingerprint density at radius 2 is 2.17 bits per heavy atom. The van der Waals surface area contributed by atoms with Gasteiger partial charge in [-0.1, -0.05) is 12.8 Å². The van der Waals surface area contributed by atoms with Crippen LogP contribution in [-0.2, 0) is 6.54 Å². The second-order valence-electron chi connectivity index (χ2n) is 4.15. The molecular formula is C13H21NO3S. The summed E-state index contributed by atoms with van der Waals surface area (Å²) >= 11 is 1.89. The average Bonchev–Trinajstić information content (AvgIpc) is 2.81. The maximum absolute atomic E-state index is 10.8. The molecule has 0 radical (unpaired) electrons. The molecule has 0 aliphatic rings. The van der Waals surface area contributed by atoms with Gasteiger partial charge in [-0.2, -0.15) is 11.8 Å². The first-order valence-electron chi connectivity index (χ1n) is 6.25. The van der Waals surface area contributed by atoms with Crippen molar-refractivity contribution in [2.45, 2.75) is 32.2 Å². The minimum Gasteiger partial charge on any atom is -0.478 e. The average molecular weight is 271 g/mol. The van der Waals surface area contributed by atoms with Gasteiger partial charge in [0.05, 0.1) is 12.8 Å². The monoisotopic (exact) mass is 271 g/mol. The molecule has 4 nitrogen and oxygen atoms in total. The molecular weight excluding hydrogens is 250 g/mol. The van der Waals surface area contributed by atoms with E-state index in [2.05, 4.69) is 11.6 Å².